The molecule has 0 radical (unpaired) electrons. The molecule has 1 aromatic carbocycles. The number of carbonyl (C=O) groups excluding carboxylic acids is 2. The molecule has 1 fully saturated rings. The number of para-hydroxylation sites is 1. The summed E-state index contributed by atoms with van der Waals surface area (Å²) in [5, 5.41) is 17.3. The minimum atomic E-state index is -0.814. The van der Waals surface area contributed by atoms with E-state index >= 15 is 0 Å². The van der Waals surface area contributed by atoms with Gasteiger partial charge in [0.15, 0.2) is 0 Å². The Hall–Kier alpha value is -2.19. The maximum Gasteiger partial charge on any atom is 0.308 e. The van der Waals surface area contributed by atoms with E-state index < -0.39 is 16.9 Å². The van der Waals surface area contributed by atoms with Gasteiger partial charge in [0, 0.05) is 12.0 Å². The number of amides is 1. The van der Waals surface area contributed by atoms with Crippen LogP contribution in [0.3, 0.4) is 0 Å². The van der Waals surface area contributed by atoms with Crippen LogP contribution in [0.1, 0.15) is 38.8 Å². The molecule has 2 N–H and O–H groups in total. The number of nitrogens with one attached hydrogen (secondary N) is 2. The normalized spacial score (nSPS) is 15.9. The van der Waals surface area contributed by atoms with Crippen LogP contribution in [-0.4, -0.2) is 36.0 Å². The third kappa shape index (κ3) is 6.18. The lowest BCUT2D eigenvalue weighted by Gasteiger charge is -2.32. The Labute approximate surface area is 164 Å². The van der Waals surface area contributed by atoms with Crippen molar-refractivity contribution in [2.24, 2.45) is 11.8 Å². The monoisotopic (exact) mass is 399 g/mol. The van der Waals surface area contributed by atoms with E-state index in [2.05, 4.69) is 10.6 Å². The molecule has 0 bridgehead atoms. The summed E-state index contributed by atoms with van der Waals surface area (Å²) in [6, 6.07) is 5.30. The van der Waals surface area contributed by atoms with Crippen LogP contribution in [-0.2, 0) is 14.3 Å². The number of halogens is 1. The molecule has 27 heavy (non-hydrogen) atoms. The number of hydrogen-bond donors (Lipinski definition) is 2. The summed E-state index contributed by atoms with van der Waals surface area (Å²) in [4.78, 5) is 35.5. The first-order valence-electron chi connectivity index (χ1n) is 8.73. The summed E-state index contributed by atoms with van der Waals surface area (Å²) < 4.78 is 5.15. The summed E-state index contributed by atoms with van der Waals surface area (Å²) in [6.45, 7) is 6.80. The van der Waals surface area contributed by atoms with Gasteiger partial charge in [-0.1, -0.05) is 25.1 Å². The van der Waals surface area contributed by atoms with Crippen LogP contribution >= 0.6 is 12.4 Å². The first-order chi connectivity index (χ1) is 12.3. The predicted molar refractivity (Wildman–Crippen MR) is 103 cm³/mol. The Bertz CT molecular complexity index is 679. The first-order valence-corrected chi connectivity index (χ1v) is 8.73. The highest BCUT2D eigenvalue weighted by molar-refractivity contribution is 5.85. The molecule has 0 aliphatic carbocycles. The van der Waals surface area contributed by atoms with E-state index in [1.165, 1.54) is 6.07 Å². The molecule has 0 aromatic heterocycles. The number of carbonyl (C=O) groups is 2. The molecule has 1 saturated heterocycles. The Morgan fingerprint density at radius 3 is 2.44 bits per heavy atom. The number of nitro benzene ring substituents is 1. The molecule has 2 rings (SSSR count). The molecule has 2 unspecified atom stereocenters. The minimum absolute atomic E-state index is 0. The number of rotatable bonds is 8. The third-order valence-electron chi connectivity index (χ3n) is 4.50. The van der Waals surface area contributed by atoms with Gasteiger partial charge in [-0.25, -0.2) is 0 Å². The summed E-state index contributed by atoms with van der Waals surface area (Å²) in [5.74, 6) is -0.759. The van der Waals surface area contributed by atoms with Crippen molar-refractivity contribution in [3.05, 3.63) is 39.9 Å². The number of benzene rings is 1. The zero-order chi connectivity index (χ0) is 19.3. The Balaban J connectivity index is 0.00000364. The van der Waals surface area contributed by atoms with E-state index in [0.29, 0.717) is 5.56 Å². The zero-order valence-electron chi connectivity index (χ0n) is 15.6. The molecule has 1 heterocycles. The van der Waals surface area contributed by atoms with Crippen LogP contribution in [0.15, 0.2) is 24.3 Å². The van der Waals surface area contributed by atoms with E-state index in [4.69, 9.17) is 4.74 Å². The number of hydrogen-bond acceptors (Lipinski definition) is 6. The van der Waals surface area contributed by atoms with Gasteiger partial charge in [-0.05, 0) is 32.9 Å². The van der Waals surface area contributed by atoms with Gasteiger partial charge in [0.1, 0.15) is 0 Å². The van der Waals surface area contributed by atoms with Gasteiger partial charge in [0.2, 0.25) is 5.91 Å². The summed E-state index contributed by atoms with van der Waals surface area (Å²) in [6.07, 6.45) is -0.464. The van der Waals surface area contributed by atoms with Crippen molar-refractivity contribution in [1.82, 2.24) is 10.6 Å². The fourth-order valence-electron chi connectivity index (χ4n) is 2.85. The molecule has 1 aliphatic heterocycles. The van der Waals surface area contributed by atoms with Crippen molar-refractivity contribution < 1.29 is 19.2 Å². The van der Waals surface area contributed by atoms with Crippen LogP contribution in [0.5, 0.6) is 0 Å². The van der Waals surface area contributed by atoms with Crippen molar-refractivity contribution in [3.8, 4) is 0 Å². The van der Waals surface area contributed by atoms with Gasteiger partial charge in [-0.15, -0.1) is 12.4 Å². The van der Waals surface area contributed by atoms with E-state index in [1.54, 1.807) is 32.0 Å². The van der Waals surface area contributed by atoms with Gasteiger partial charge in [-0.2, -0.15) is 0 Å². The van der Waals surface area contributed by atoms with E-state index in [1.807, 2.05) is 6.92 Å². The predicted octanol–water partition coefficient (Wildman–Crippen LogP) is 2.37. The SMILES string of the molecule is CC(C)OC(=O)CC(NC(=O)C(C)C1CNC1)c1ccccc1[N+](=O)[O-].Cl. The smallest absolute Gasteiger partial charge is 0.308 e. The van der Waals surface area contributed by atoms with Crippen molar-refractivity contribution in [1.29, 1.82) is 0 Å². The lowest BCUT2D eigenvalue weighted by Crippen LogP contribution is -2.50. The fraction of sp³-hybridized carbons (Fsp3) is 0.556. The van der Waals surface area contributed by atoms with Crippen LogP contribution < -0.4 is 10.6 Å². The van der Waals surface area contributed by atoms with Gasteiger partial charge in [0.25, 0.3) is 5.69 Å². The minimum Gasteiger partial charge on any atom is -0.463 e. The maximum atomic E-state index is 12.6. The Morgan fingerprint density at radius 1 is 1.30 bits per heavy atom. The first kappa shape index (κ1) is 22.9. The lowest BCUT2D eigenvalue weighted by atomic mass is 9.88. The molecule has 0 saturated carbocycles. The van der Waals surface area contributed by atoms with E-state index in [9.17, 15) is 19.7 Å². The topological polar surface area (TPSA) is 111 Å². The van der Waals surface area contributed by atoms with Crippen molar-refractivity contribution in [2.45, 2.75) is 39.3 Å². The summed E-state index contributed by atoms with van der Waals surface area (Å²) in [5.41, 5.74) is 0.165. The molecule has 8 nitrogen and oxygen atoms in total. The quantitative estimate of drug-likeness (QED) is 0.394. The standard InChI is InChI=1S/C18H25N3O5.ClH/c1-11(2)26-17(22)8-15(14-6-4-5-7-16(14)21(24)25)20-18(23)12(3)13-9-19-10-13;/h4-7,11-13,15,19H,8-10H2,1-3H3,(H,20,23);1H. The summed E-state index contributed by atoms with van der Waals surface area (Å²) >= 11 is 0. The number of esters is 1. The molecule has 1 aromatic rings. The highest BCUT2D eigenvalue weighted by Gasteiger charge is 2.32. The number of ether oxygens (including phenoxy) is 1. The second-order valence-corrected chi connectivity index (χ2v) is 6.83. The van der Waals surface area contributed by atoms with Gasteiger partial charge in [0.05, 0.1) is 29.1 Å². The summed E-state index contributed by atoms with van der Waals surface area (Å²) in [7, 11) is 0. The molecular formula is C18H26ClN3O5. The van der Waals surface area contributed by atoms with Crippen molar-refractivity contribution >= 4 is 30.0 Å². The van der Waals surface area contributed by atoms with Gasteiger partial charge >= 0.3 is 5.97 Å². The molecule has 1 aliphatic rings. The highest BCUT2D eigenvalue weighted by atomic mass is 35.5. The molecule has 2 atom stereocenters. The third-order valence-corrected chi connectivity index (χ3v) is 4.50. The van der Waals surface area contributed by atoms with Crippen LogP contribution in [0.25, 0.3) is 0 Å². The zero-order valence-corrected chi connectivity index (χ0v) is 16.5. The second kappa shape index (κ2) is 10.2. The number of nitrogens with zero attached hydrogens (tertiary/aromatic N) is 1. The van der Waals surface area contributed by atoms with Crippen molar-refractivity contribution in [2.75, 3.05) is 13.1 Å². The highest BCUT2D eigenvalue weighted by Crippen LogP contribution is 2.28. The van der Waals surface area contributed by atoms with Crippen LogP contribution in [0.2, 0.25) is 0 Å². The molecule has 0 spiro atoms. The average Bonchev–Trinajstić information content (AvgIpc) is 2.51. The van der Waals surface area contributed by atoms with Gasteiger partial charge in [-0.3, -0.25) is 19.7 Å². The fourth-order valence-corrected chi connectivity index (χ4v) is 2.85. The van der Waals surface area contributed by atoms with E-state index in [0.717, 1.165) is 13.1 Å². The van der Waals surface area contributed by atoms with Crippen LogP contribution in [0, 0.1) is 22.0 Å². The van der Waals surface area contributed by atoms with Gasteiger partial charge < -0.3 is 15.4 Å². The molecule has 9 heteroatoms. The molecule has 1 amide bonds. The number of nitro groups is 1. The Kier molecular flexibility index (Phi) is 8.65. The average molecular weight is 400 g/mol. The maximum absolute atomic E-state index is 12.6. The van der Waals surface area contributed by atoms with Crippen LogP contribution in [0.4, 0.5) is 5.69 Å². The molecule has 150 valence electrons. The largest absolute Gasteiger partial charge is 0.463 e. The van der Waals surface area contributed by atoms with E-state index in [-0.39, 0.29) is 48.4 Å². The molecular weight excluding hydrogens is 374 g/mol. The lowest BCUT2D eigenvalue weighted by molar-refractivity contribution is -0.385. The Morgan fingerprint density at radius 2 is 1.93 bits per heavy atom. The van der Waals surface area contributed by atoms with Crippen molar-refractivity contribution in [3.63, 3.8) is 0 Å². The second-order valence-electron chi connectivity index (χ2n) is 6.83.